The van der Waals surface area contributed by atoms with E-state index in [1.807, 2.05) is 0 Å². The molecule has 0 unspecified atom stereocenters. The number of hydrogen-bond acceptors (Lipinski definition) is 3. The highest BCUT2D eigenvalue weighted by Crippen LogP contribution is 2.34. The number of piperidine rings is 1. The van der Waals surface area contributed by atoms with Crippen LogP contribution in [0.15, 0.2) is 23.1 Å². The van der Waals surface area contributed by atoms with Crippen molar-refractivity contribution in [3.8, 4) is 0 Å². The van der Waals surface area contributed by atoms with Crippen LogP contribution in [0.1, 0.15) is 26.7 Å². The molecular formula is C13H19ClN2O2S. The molecule has 4 nitrogen and oxygen atoms in total. The van der Waals surface area contributed by atoms with Crippen LogP contribution in [0.25, 0.3) is 0 Å². The molecule has 0 bridgehead atoms. The Kier molecular flexibility index (Phi) is 3.82. The number of nitrogens with two attached hydrogens (primary N) is 1. The summed E-state index contributed by atoms with van der Waals surface area (Å²) in [5, 5.41) is 0.380. The van der Waals surface area contributed by atoms with Crippen molar-refractivity contribution < 1.29 is 8.42 Å². The third-order valence-corrected chi connectivity index (χ3v) is 5.86. The average Bonchev–Trinajstić information content (AvgIpc) is 2.31. The van der Waals surface area contributed by atoms with E-state index in [4.69, 9.17) is 17.3 Å². The molecule has 106 valence electrons. The molecule has 6 heteroatoms. The summed E-state index contributed by atoms with van der Waals surface area (Å²) in [6, 6.07) is 4.55. The second kappa shape index (κ2) is 4.96. The summed E-state index contributed by atoms with van der Waals surface area (Å²) >= 11 is 5.87. The number of halogens is 1. The van der Waals surface area contributed by atoms with Crippen LogP contribution in [-0.4, -0.2) is 25.8 Å². The molecule has 1 saturated heterocycles. The Morgan fingerprint density at radius 1 is 1.26 bits per heavy atom. The first kappa shape index (κ1) is 14.6. The molecule has 0 amide bonds. The van der Waals surface area contributed by atoms with Gasteiger partial charge in [-0.25, -0.2) is 8.42 Å². The first-order chi connectivity index (χ1) is 8.72. The molecule has 1 fully saturated rings. The molecule has 2 rings (SSSR count). The number of nitrogen functional groups attached to an aromatic ring is 1. The third kappa shape index (κ3) is 3.04. The van der Waals surface area contributed by atoms with E-state index in [0.29, 0.717) is 18.1 Å². The molecule has 1 aromatic carbocycles. The van der Waals surface area contributed by atoms with Gasteiger partial charge in [-0.1, -0.05) is 25.4 Å². The maximum atomic E-state index is 12.6. The summed E-state index contributed by atoms with van der Waals surface area (Å²) in [7, 11) is -3.54. The van der Waals surface area contributed by atoms with E-state index in [1.54, 1.807) is 6.07 Å². The minimum Gasteiger partial charge on any atom is -0.398 e. The number of sulfonamides is 1. The number of anilines is 1. The smallest absolute Gasteiger partial charge is 0.245 e. The van der Waals surface area contributed by atoms with Gasteiger partial charge in [0.05, 0.1) is 5.69 Å². The molecule has 1 aromatic rings. The van der Waals surface area contributed by atoms with Gasteiger partial charge in [0.25, 0.3) is 0 Å². The van der Waals surface area contributed by atoms with Gasteiger partial charge in [-0.15, -0.1) is 0 Å². The maximum Gasteiger partial charge on any atom is 0.245 e. The zero-order valence-corrected chi connectivity index (χ0v) is 12.8. The SMILES string of the molecule is CC1(C)CCN(S(=O)(=O)c2cc(Cl)ccc2N)CC1. The second-order valence-corrected chi connectivity index (χ2v) is 8.09. The summed E-state index contributed by atoms with van der Waals surface area (Å²) in [5.74, 6) is 0. The van der Waals surface area contributed by atoms with Crippen LogP contribution in [0.5, 0.6) is 0 Å². The van der Waals surface area contributed by atoms with Gasteiger partial charge >= 0.3 is 0 Å². The molecule has 0 aromatic heterocycles. The average molecular weight is 303 g/mol. The number of rotatable bonds is 2. The van der Waals surface area contributed by atoms with Crippen LogP contribution in [0, 0.1) is 5.41 Å². The number of benzene rings is 1. The van der Waals surface area contributed by atoms with Gasteiger partial charge in [-0.3, -0.25) is 0 Å². The Hall–Kier alpha value is -0.780. The fourth-order valence-electron chi connectivity index (χ4n) is 2.20. The van der Waals surface area contributed by atoms with E-state index in [-0.39, 0.29) is 16.0 Å². The lowest BCUT2D eigenvalue weighted by Gasteiger charge is -2.36. The summed E-state index contributed by atoms with van der Waals surface area (Å²) in [5.41, 5.74) is 6.22. The van der Waals surface area contributed by atoms with Crippen molar-refractivity contribution in [3.05, 3.63) is 23.2 Å². The topological polar surface area (TPSA) is 63.4 Å². The van der Waals surface area contributed by atoms with Crippen molar-refractivity contribution in [1.29, 1.82) is 0 Å². The highest BCUT2D eigenvalue weighted by atomic mass is 35.5. The first-order valence-electron chi connectivity index (χ1n) is 6.28. The molecular weight excluding hydrogens is 284 g/mol. The Morgan fingerprint density at radius 3 is 2.42 bits per heavy atom. The number of hydrogen-bond donors (Lipinski definition) is 1. The van der Waals surface area contributed by atoms with Crippen molar-refractivity contribution in [2.45, 2.75) is 31.6 Å². The highest BCUT2D eigenvalue weighted by molar-refractivity contribution is 7.89. The van der Waals surface area contributed by atoms with Crippen molar-refractivity contribution >= 4 is 27.3 Å². The van der Waals surface area contributed by atoms with Crippen LogP contribution in [0.2, 0.25) is 5.02 Å². The molecule has 0 aliphatic carbocycles. The zero-order valence-electron chi connectivity index (χ0n) is 11.2. The van der Waals surface area contributed by atoms with Crippen molar-refractivity contribution in [1.82, 2.24) is 4.31 Å². The van der Waals surface area contributed by atoms with Crippen LogP contribution >= 0.6 is 11.6 Å². The van der Waals surface area contributed by atoms with Gasteiger partial charge in [0, 0.05) is 18.1 Å². The van der Waals surface area contributed by atoms with Gasteiger partial charge in [0.15, 0.2) is 0 Å². The van der Waals surface area contributed by atoms with Gasteiger partial charge < -0.3 is 5.73 Å². The van der Waals surface area contributed by atoms with Gasteiger partial charge in [0.1, 0.15) is 4.90 Å². The lowest BCUT2D eigenvalue weighted by molar-refractivity contribution is 0.196. The molecule has 2 N–H and O–H groups in total. The molecule has 1 aliphatic heterocycles. The van der Waals surface area contributed by atoms with E-state index in [2.05, 4.69) is 13.8 Å². The van der Waals surface area contributed by atoms with E-state index in [0.717, 1.165) is 12.8 Å². The third-order valence-electron chi connectivity index (χ3n) is 3.67. The monoisotopic (exact) mass is 302 g/mol. The summed E-state index contributed by atoms with van der Waals surface area (Å²) < 4.78 is 26.6. The predicted molar refractivity (Wildman–Crippen MR) is 77.6 cm³/mol. The molecule has 0 atom stereocenters. The summed E-state index contributed by atoms with van der Waals surface area (Å²) in [6.45, 7) is 5.37. The molecule has 0 radical (unpaired) electrons. The first-order valence-corrected chi connectivity index (χ1v) is 8.09. The van der Waals surface area contributed by atoms with E-state index < -0.39 is 10.0 Å². The van der Waals surface area contributed by atoms with E-state index in [1.165, 1.54) is 16.4 Å². The minimum atomic E-state index is -3.54. The largest absolute Gasteiger partial charge is 0.398 e. The molecule has 19 heavy (non-hydrogen) atoms. The fourth-order valence-corrected chi connectivity index (χ4v) is 4.02. The van der Waals surface area contributed by atoms with Gasteiger partial charge in [-0.05, 0) is 36.5 Å². The number of nitrogens with zero attached hydrogens (tertiary/aromatic N) is 1. The van der Waals surface area contributed by atoms with E-state index in [9.17, 15) is 8.42 Å². The van der Waals surface area contributed by atoms with Crippen molar-refractivity contribution in [2.75, 3.05) is 18.8 Å². The molecule has 1 aliphatic rings. The lowest BCUT2D eigenvalue weighted by atomic mass is 9.83. The Bertz CT molecular complexity index is 574. The fraction of sp³-hybridized carbons (Fsp3) is 0.538. The Labute approximate surface area is 119 Å². The van der Waals surface area contributed by atoms with Crippen LogP contribution in [0.3, 0.4) is 0 Å². The quantitative estimate of drug-likeness (QED) is 0.854. The van der Waals surface area contributed by atoms with E-state index >= 15 is 0 Å². The second-order valence-electron chi connectivity index (χ2n) is 5.75. The van der Waals surface area contributed by atoms with Crippen LogP contribution in [-0.2, 0) is 10.0 Å². The Morgan fingerprint density at radius 2 is 1.84 bits per heavy atom. The maximum absolute atomic E-state index is 12.6. The van der Waals surface area contributed by atoms with Crippen molar-refractivity contribution in [3.63, 3.8) is 0 Å². The summed E-state index contributed by atoms with van der Waals surface area (Å²) in [6.07, 6.45) is 1.71. The lowest BCUT2D eigenvalue weighted by Crippen LogP contribution is -2.41. The predicted octanol–water partition coefficient (Wildman–Crippen LogP) is 2.73. The molecule has 0 saturated carbocycles. The minimum absolute atomic E-state index is 0.111. The highest BCUT2D eigenvalue weighted by Gasteiger charge is 2.33. The van der Waals surface area contributed by atoms with Crippen LogP contribution in [0.4, 0.5) is 5.69 Å². The molecule has 1 heterocycles. The standard InChI is InChI=1S/C13H19ClN2O2S/c1-13(2)5-7-16(8-6-13)19(17,18)12-9-10(14)3-4-11(12)15/h3-4,9H,5-8,15H2,1-2H3. The van der Waals surface area contributed by atoms with Gasteiger partial charge in [-0.2, -0.15) is 4.31 Å². The normalized spacial score (nSPS) is 20.4. The molecule has 0 spiro atoms. The van der Waals surface area contributed by atoms with Crippen LogP contribution < -0.4 is 5.73 Å². The summed E-state index contributed by atoms with van der Waals surface area (Å²) in [4.78, 5) is 0.111. The zero-order chi connectivity index (χ0) is 14.3. The van der Waals surface area contributed by atoms with Gasteiger partial charge in [0.2, 0.25) is 10.0 Å². The Balaban J connectivity index is 2.31. The van der Waals surface area contributed by atoms with Crippen molar-refractivity contribution in [2.24, 2.45) is 5.41 Å².